The molecule has 0 aliphatic rings. The summed E-state index contributed by atoms with van der Waals surface area (Å²) in [6.07, 6.45) is -2.66. The summed E-state index contributed by atoms with van der Waals surface area (Å²) >= 11 is 0. The summed E-state index contributed by atoms with van der Waals surface area (Å²) in [5.41, 5.74) is 2.93. The van der Waals surface area contributed by atoms with Crippen LogP contribution in [-0.4, -0.2) is 58.0 Å². The molecule has 44 heavy (non-hydrogen) atoms. The molecule has 3 heterocycles. The molecule has 0 saturated heterocycles. The lowest BCUT2D eigenvalue weighted by Crippen LogP contribution is -2.14. The lowest BCUT2D eigenvalue weighted by atomic mass is 9.99. The SMILES string of the molecule is CCc1c(-c2ccc(OC)c(OC)c2)nn(-c2nc(-c3cn(C)nc3C)cc(C(F)(F)F)n2)c1-c1ccc(OC)c(OC)c1. The highest BCUT2D eigenvalue weighted by atomic mass is 19.4. The minimum Gasteiger partial charge on any atom is -0.493 e. The second-order valence-electron chi connectivity index (χ2n) is 9.82. The van der Waals surface area contributed by atoms with E-state index in [4.69, 9.17) is 24.0 Å². The van der Waals surface area contributed by atoms with Gasteiger partial charge in [-0.1, -0.05) is 6.92 Å². The summed E-state index contributed by atoms with van der Waals surface area (Å²) in [5.74, 6) is 1.66. The van der Waals surface area contributed by atoms with Gasteiger partial charge in [-0.2, -0.15) is 28.1 Å². The van der Waals surface area contributed by atoms with E-state index >= 15 is 0 Å². The van der Waals surface area contributed by atoms with Gasteiger partial charge in [0.25, 0.3) is 5.95 Å². The second kappa shape index (κ2) is 11.9. The lowest BCUT2D eigenvalue weighted by Gasteiger charge is -2.14. The Hall–Kier alpha value is -5.07. The molecule has 10 nitrogen and oxygen atoms in total. The van der Waals surface area contributed by atoms with Gasteiger partial charge in [-0.25, -0.2) is 9.97 Å². The number of hydrogen-bond acceptors (Lipinski definition) is 8. The highest BCUT2D eigenvalue weighted by Crippen LogP contribution is 2.41. The molecular formula is C31H31F3N6O4. The molecule has 230 valence electrons. The molecule has 0 aliphatic heterocycles. The zero-order valence-corrected chi connectivity index (χ0v) is 25.3. The molecule has 2 aromatic carbocycles. The summed E-state index contributed by atoms with van der Waals surface area (Å²) in [7, 11) is 7.77. The van der Waals surface area contributed by atoms with Crippen LogP contribution in [0.5, 0.6) is 23.0 Å². The van der Waals surface area contributed by atoms with Gasteiger partial charge in [0.05, 0.1) is 51.2 Å². The minimum atomic E-state index is -4.75. The Balaban J connectivity index is 1.86. The Labute approximate surface area is 252 Å². The van der Waals surface area contributed by atoms with Crippen molar-refractivity contribution in [3.05, 3.63) is 65.6 Å². The van der Waals surface area contributed by atoms with Crippen molar-refractivity contribution < 1.29 is 32.1 Å². The first-order valence-electron chi connectivity index (χ1n) is 13.6. The normalized spacial score (nSPS) is 11.5. The molecule has 5 rings (SSSR count). The number of aromatic nitrogens is 6. The van der Waals surface area contributed by atoms with Crippen LogP contribution in [0.4, 0.5) is 13.2 Å². The average Bonchev–Trinajstić information content (AvgIpc) is 3.58. The van der Waals surface area contributed by atoms with Crippen LogP contribution >= 0.6 is 0 Å². The van der Waals surface area contributed by atoms with Crippen LogP contribution in [0, 0.1) is 6.92 Å². The van der Waals surface area contributed by atoms with E-state index in [0.717, 1.165) is 11.6 Å². The molecule has 3 aromatic heterocycles. The Kier molecular flexibility index (Phi) is 8.22. The fourth-order valence-corrected chi connectivity index (χ4v) is 5.09. The summed E-state index contributed by atoms with van der Waals surface area (Å²) in [5, 5.41) is 9.14. The molecule has 0 N–H and O–H groups in total. The number of aryl methyl sites for hydroxylation is 2. The Morgan fingerprint density at radius 3 is 1.89 bits per heavy atom. The average molecular weight is 609 g/mol. The Morgan fingerprint density at radius 2 is 1.36 bits per heavy atom. The van der Waals surface area contributed by atoms with Gasteiger partial charge in [0, 0.05) is 35.5 Å². The predicted octanol–water partition coefficient (Wildman–Crippen LogP) is 6.32. The zero-order chi connectivity index (χ0) is 31.8. The number of rotatable bonds is 9. The number of alkyl halides is 3. The molecule has 0 spiro atoms. The monoisotopic (exact) mass is 608 g/mol. The van der Waals surface area contributed by atoms with Crippen molar-refractivity contribution >= 4 is 0 Å². The zero-order valence-electron chi connectivity index (χ0n) is 25.3. The van der Waals surface area contributed by atoms with Crippen molar-refractivity contribution in [1.29, 1.82) is 0 Å². The number of methoxy groups -OCH3 is 4. The lowest BCUT2D eigenvalue weighted by molar-refractivity contribution is -0.141. The van der Waals surface area contributed by atoms with Crippen molar-refractivity contribution in [2.24, 2.45) is 7.05 Å². The highest BCUT2D eigenvalue weighted by Gasteiger charge is 2.35. The van der Waals surface area contributed by atoms with Gasteiger partial charge >= 0.3 is 6.18 Å². The largest absolute Gasteiger partial charge is 0.493 e. The van der Waals surface area contributed by atoms with Gasteiger partial charge in [-0.05, 0) is 55.8 Å². The predicted molar refractivity (Wildman–Crippen MR) is 158 cm³/mol. The van der Waals surface area contributed by atoms with E-state index in [1.165, 1.54) is 37.8 Å². The third-order valence-corrected chi connectivity index (χ3v) is 7.13. The van der Waals surface area contributed by atoms with E-state index in [9.17, 15) is 13.2 Å². The molecule has 0 unspecified atom stereocenters. The molecular weight excluding hydrogens is 577 g/mol. The van der Waals surface area contributed by atoms with Gasteiger partial charge in [-0.3, -0.25) is 4.68 Å². The molecule has 0 amide bonds. The first-order chi connectivity index (χ1) is 21.0. The summed E-state index contributed by atoms with van der Waals surface area (Å²) < 4.78 is 67.5. The Morgan fingerprint density at radius 1 is 0.773 bits per heavy atom. The molecule has 0 fully saturated rings. The summed E-state index contributed by atoms with van der Waals surface area (Å²) in [4.78, 5) is 8.58. The van der Waals surface area contributed by atoms with E-state index in [1.54, 1.807) is 50.5 Å². The molecule has 0 bridgehead atoms. The summed E-state index contributed by atoms with van der Waals surface area (Å²) in [6.45, 7) is 3.64. The van der Waals surface area contributed by atoms with Crippen LogP contribution in [0.3, 0.4) is 0 Å². The maximum Gasteiger partial charge on any atom is 0.433 e. The third-order valence-electron chi connectivity index (χ3n) is 7.13. The van der Waals surface area contributed by atoms with Gasteiger partial charge in [-0.15, -0.1) is 0 Å². The van der Waals surface area contributed by atoms with Crippen LogP contribution in [-0.2, 0) is 19.6 Å². The van der Waals surface area contributed by atoms with E-state index in [1.807, 2.05) is 13.0 Å². The van der Waals surface area contributed by atoms with Crippen molar-refractivity contribution in [2.75, 3.05) is 28.4 Å². The van der Waals surface area contributed by atoms with Crippen LogP contribution in [0.15, 0.2) is 48.7 Å². The fraction of sp³-hybridized carbons (Fsp3) is 0.290. The fourth-order valence-electron chi connectivity index (χ4n) is 5.09. The molecule has 13 heteroatoms. The van der Waals surface area contributed by atoms with Crippen molar-refractivity contribution in [2.45, 2.75) is 26.4 Å². The van der Waals surface area contributed by atoms with Gasteiger partial charge in [0.15, 0.2) is 28.7 Å². The summed E-state index contributed by atoms with van der Waals surface area (Å²) in [6, 6.07) is 11.5. The smallest absolute Gasteiger partial charge is 0.433 e. The Bertz CT molecular complexity index is 1830. The second-order valence-corrected chi connectivity index (χ2v) is 9.82. The molecule has 0 saturated carbocycles. The molecule has 5 aromatic rings. The van der Waals surface area contributed by atoms with Crippen LogP contribution in [0.1, 0.15) is 23.9 Å². The molecule has 0 atom stereocenters. The van der Waals surface area contributed by atoms with E-state index < -0.39 is 11.9 Å². The first-order valence-corrected chi connectivity index (χ1v) is 13.6. The maximum absolute atomic E-state index is 14.3. The van der Waals surface area contributed by atoms with Crippen molar-refractivity contribution in [3.63, 3.8) is 0 Å². The first kappa shape index (κ1) is 30.4. The van der Waals surface area contributed by atoms with Gasteiger partial charge in [0.2, 0.25) is 0 Å². The van der Waals surface area contributed by atoms with Crippen molar-refractivity contribution in [1.82, 2.24) is 29.5 Å². The number of hydrogen-bond donors (Lipinski definition) is 0. The third kappa shape index (κ3) is 5.52. The number of nitrogens with zero attached hydrogens (tertiary/aromatic N) is 6. The van der Waals surface area contributed by atoms with Gasteiger partial charge < -0.3 is 18.9 Å². The highest BCUT2D eigenvalue weighted by molar-refractivity contribution is 5.78. The van der Waals surface area contributed by atoms with E-state index in [2.05, 4.69) is 15.1 Å². The van der Waals surface area contributed by atoms with Crippen molar-refractivity contribution in [3.8, 4) is 62.7 Å². The topological polar surface area (TPSA) is 98.3 Å². The van der Waals surface area contributed by atoms with Gasteiger partial charge in [0.1, 0.15) is 0 Å². The van der Waals surface area contributed by atoms with Crippen LogP contribution in [0.2, 0.25) is 0 Å². The number of ether oxygens (including phenoxy) is 4. The minimum absolute atomic E-state index is 0.0624. The standard InChI is InChI=1S/C31H31F3N6O4/c1-8-20-28(18-9-11-23(41-4)25(13-18)43-6)38-40(29(20)19-10-12-24(42-5)26(14-19)44-7)30-35-22(15-27(36-30)31(32,33)34)21-16-39(3)37-17(21)2/h9-16H,8H2,1-7H3. The molecule has 0 aliphatic carbocycles. The quantitative estimate of drug-likeness (QED) is 0.192. The maximum atomic E-state index is 14.3. The van der Waals surface area contributed by atoms with E-state index in [-0.39, 0.29) is 11.6 Å². The van der Waals surface area contributed by atoms with Crippen LogP contribution in [0.25, 0.3) is 39.7 Å². The molecule has 0 radical (unpaired) electrons. The number of halogens is 3. The van der Waals surface area contributed by atoms with E-state index in [0.29, 0.717) is 63.2 Å². The number of benzene rings is 2. The van der Waals surface area contributed by atoms with Crippen LogP contribution < -0.4 is 18.9 Å².